The number of hydrogen-bond acceptors (Lipinski definition) is 6. The smallest absolute Gasteiger partial charge is 0.285 e. The Bertz CT molecular complexity index is 1210. The van der Waals surface area contributed by atoms with E-state index in [1.807, 2.05) is 48.5 Å². The van der Waals surface area contributed by atoms with Crippen LogP contribution in [0.4, 0.5) is 11.4 Å². The third-order valence-electron chi connectivity index (χ3n) is 4.66. The van der Waals surface area contributed by atoms with E-state index >= 15 is 0 Å². The molecule has 8 nitrogen and oxygen atoms in total. The van der Waals surface area contributed by atoms with Gasteiger partial charge >= 0.3 is 0 Å². The van der Waals surface area contributed by atoms with Gasteiger partial charge in [-0.1, -0.05) is 60.7 Å². The summed E-state index contributed by atoms with van der Waals surface area (Å²) in [5.41, 5.74) is 4.77. The van der Waals surface area contributed by atoms with E-state index in [1.165, 1.54) is 12.1 Å². The maximum Gasteiger partial charge on any atom is 0.285 e. The summed E-state index contributed by atoms with van der Waals surface area (Å²) in [6.45, 7) is 0. The number of amides is 2. The molecule has 0 spiro atoms. The Kier molecular flexibility index (Phi) is 6.96. The molecule has 0 aromatic heterocycles. The van der Waals surface area contributed by atoms with Crippen molar-refractivity contribution in [3.63, 3.8) is 0 Å². The molecule has 4 rings (SSSR count). The van der Waals surface area contributed by atoms with Crippen molar-refractivity contribution >= 4 is 46.2 Å². The summed E-state index contributed by atoms with van der Waals surface area (Å²) in [6.07, 6.45) is 1.69. The highest BCUT2D eigenvalue weighted by Gasteiger charge is 2.35. The van der Waals surface area contributed by atoms with E-state index in [0.29, 0.717) is 21.3 Å². The molecule has 0 aliphatic carbocycles. The third kappa shape index (κ3) is 5.73. The van der Waals surface area contributed by atoms with Gasteiger partial charge < -0.3 is 5.21 Å². The lowest BCUT2D eigenvalue weighted by Crippen LogP contribution is -2.99. The first kappa shape index (κ1) is 22.4. The highest BCUT2D eigenvalue weighted by Crippen LogP contribution is 2.33. The molecule has 1 atom stereocenters. The molecule has 33 heavy (non-hydrogen) atoms. The molecule has 3 N–H and O–H groups in total. The Labute approximate surface area is 194 Å². The fraction of sp³-hybridized carbons (Fsp3) is 0.0417. The largest absolute Gasteiger partial charge is 0.595 e. The van der Waals surface area contributed by atoms with E-state index in [9.17, 15) is 20.0 Å². The Morgan fingerprint density at radius 2 is 1.76 bits per heavy atom. The van der Waals surface area contributed by atoms with Crippen molar-refractivity contribution in [2.45, 2.75) is 6.42 Å². The van der Waals surface area contributed by atoms with Crippen molar-refractivity contribution in [1.82, 2.24) is 10.4 Å². The van der Waals surface area contributed by atoms with Gasteiger partial charge in [0, 0.05) is 12.1 Å². The Morgan fingerprint density at radius 3 is 2.45 bits per heavy atom. The van der Waals surface area contributed by atoms with Gasteiger partial charge in [0.05, 0.1) is 17.0 Å². The van der Waals surface area contributed by atoms with Crippen LogP contribution < -0.4 is 10.7 Å². The van der Waals surface area contributed by atoms with Crippen LogP contribution in [0.5, 0.6) is 0 Å². The fourth-order valence-corrected chi connectivity index (χ4v) is 4.06. The summed E-state index contributed by atoms with van der Waals surface area (Å²) < 4.78 is 0. The molecule has 0 radical (unpaired) electrons. The van der Waals surface area contributed by atoms with Gasteiger partial charge in [-0.15, -0.1) is 0 Å². The summed E-state index contributed by atoms with van der Waals surface area (Å²) in [7, 11) is 0. The van der Waals surface area contributed by atoms with Gasteiger partial charge in [-0.3, -0.25) is 15.0 Å². The topological polar surface area (TPSA) is 110 Å². The average molecular weight is 461 g/mol. The highest BCUT2D eigenvalue weighted by atomic mass is 32.2. The fourth-order valence-electron chi connectivity index (χ4n) is 3.12. The number of amidine groups is 1. The van der Waals surface area contributed by atoms with Crippen molar-refractivity contribution in [2.75, 3.05) is 0 Å². The number of quaternary nitrogens is 1. The number of thioether (sulfide) groups is 1. The molecular weight excluding hydrogens is 440 g/mol. The maximum atomic E-state index is 13.1. The lowest BCUT2D eigenvalue weighted by molar-refractivity contribution is -0.991. The molecule has 166 valence electrons. The van der Waals surface area contributed by atoms with Crippen LogP contribution in [0.2, 0.25) is 0 Å². The van der Waals surface area contributed by atoms with Crippen molar-refractivity contribution in [3.05, 3.63) is 106 Å². The number of carbonyl (C=O) groups excluding carboxylic acids is 2. The van der Waals surface area contributed by atoms with Crippen LogP contribution in [0.3, 0.4) is 0 Å². The van der Waals surface area contributed by atoms with Crippen molar-refractivity contribution in [1.29, 1.82) is 0 Å². The number of benzene rings is 3. The summed E-state index contributed by atoms with van der Waals surface area (Å²) in [6, 6.07) is 24.6. The lowest BCUT2D eigenvalue weighted by Gasteiger charge is -2.16. The van der Waals surface area contributed by atoms with Gasteiger partial charge in [0.25, 0.3) is 5.91 Å². The SMILES string of the molecule is O=C(Cc1ccccc1)NN1C(=O)/C(=C/c2cccc([NH+]([O-])O)c2)SC1=Nc1ccccc1. The minimum atomic E-state index is -1.05. The number of carbonyl (C=O) groups is 2. The van der Waals surface area contributed by atoms with Crippen LogP contribution in [0.1, 0.15) is 11.1 Å². The molecule has 0 bridgehead atoms. The monoisotopic (exact) mass is 460 g/mol. The zero-order valence-corrected chi connectivity index (χ0v) is 18.2. The van der Waals surface area contributed by atoms with Gasteiger partial charge in [0.2, 0.25) is 5.91 Å². The van der Waals surface area contributed by atoms with E-state index in [-0.39, 0.29) is 18.0 Å². The van der Waals surface area contributed by atoms with E-state index in [4.69, 9.17) is 0 Å². The number of hydrogen-bond donors (Lipinski definition) is 3. The first-order valence-electron chi connectivity index (χ1n) is 10.0. The Hall–Kier alpha value is -3.76. The normalized spacial score (nSPS) is 16.9. The summed E-state index contributed by atoms with van der Waals surface area (Å²) in [5.74, 6) is -0.804. The molecule has 1 aliphatic heterocycles. The van der Waals surface area contributed by atoms with Crippen LogP contribution in [0.25, 0.3) is 6.08 Å². The molecule has 1 unspecified atom stereocenters. The number of para-hydroxylation sites is 1. The second-order valence-electron chi connectivity index (χ2n) is 7.11. The second kappa shape index (κ2) is 10.2. The average Bonchev–Trinajstić information content (AvgIpc) is 3.09. The van der Waals surface area contributed by atoms with Crippen LogP contribution in [0, 0.1) is 5.21 Å². The minimum Gasteiger partial charge on any atom is -0.595 e. The molecule has 1 saturated heterocycles. The number of nitrogens with one attached hydrogen (secondary N) is 2. The molecule has 1 heterocycles. The summed E-state index contributed by atoms with van der Waals surface area (Å²) in [4.78, 5) is 30.6. The van der Waals surface area contributed by atoms with Crippen LogP contribution in [-0.4, -0.2) is 27.2 Å². The zero-order valence-electron chi connectivity index (χ0n) is 17.3. The van der Waals surface area contributed by atoms with Gasteiger partial charge in [0.15, 0.2) is 10.9 Å². The predicted octanol–water partition coefficient (Wildman–Crippen LogP) is 2.97. The Balaban J connectivity index is 1.62. The zero-order chi connectivity index (χ0) is 23.2. The standard InChI is InChI=1S/C24H20N4O4S/c29-22(16-17-8-3-1-4-9-17)26-27-23(30)21(15-18-10-7-13-20(14-18)28(31)32)33-24(27)25-19-11-5-2-6-12-19/h1-15,28,31H,16H2,(H,26,29)/b21-15-,25-24?. The maximum absolute atomic E-state index is 13.1. The van der Waals surface area contributed by atoms with Crippen LogP contribution >= 0.6 is 11.8 Å². The molecule has 3 aromatic rings. The quantitative estimate of drug-likeness (QED) is 0.387. The second-order valence-corrected chi connectivity index (χ2v) is 8.12. The molecule has 3 aromatic carbocycles. The van der Waals surface area contributed by atoms with E-state index < -0.39 is 11.1 Å². The van der Waals surface area contributed by atoms with E-state index in [0.717, 1.165) is 22.3 Å². The van der Waals surface area contributed by atoms with E-state index in [1.54, 1.807) is 30.3 Å². The minimum absolute atomic E-state index is 0.105. The van der Waals surface area contributed by atoms with Crippen molar-refractivity contribution in [2.24, 2.45) is 4.99 Å². The molecule has 1 aliphatic rings. The third-order valence-corrected chi connectivity index (χ3v) is 5.63. The molecule has 9 heteroatoms. The molecule has 0 saturated carbocycles. The van der Waals surface area contributed by atoms with Crippen LogP contribution in [0.15, 0.2) is 94.8 Å². The number of aliphatic imine (C=N–C) groups is 1. The highest BCUT2D eigenvalue weighted by molar-refractivity contribution is 8.18. The number of hydrazine groups is 1. The first-order chi connectivity index (χ1) is 16.0. The van der Waals surface area contributed by atoms with Crippen LogP contribution in [-0.2, 0) is 16.0 Å². The number of nitrogens with zero attached hydrogens (tertiary/aromatic N) is 2. The molecule has 2 amide bonds. The van der Waals surface area contributed by atoms with E-state index in [2.05, 4.69) is 10.4 Å². The summed E-state index contributed by atoms with van der Waals surface area (Å²) in [5, 5.41) is 20.9. The Morgan fingerprint density at radius 1 is 1.06 bits per heavy atom. The predicted molar refractivity (Wildman–Crippen MR) is 126 cm³/mol. The first-order valence-corrected chi connectivity index (χ1v) is 10.9. The number of rotatable bonds is 6. The lowest BCUT2D eigenvalue weighted by atomic mass is 10.1. The van der Waals surface area contributed by atoms with Crippen molar-refractivity contribution in [3.8, 4) is 0 Å². The van der Waals surface area contributed by atoms with Gasteiger partial charge in [-0.05, 0) is 41.1 Å². The van der Waals surface area contributed by atoms with Crippen molar-refractivity contribution < 1.29 is 20.0 Å². The summed E-state index contributed by atoms with van der Waals surface area (Å²) >= 11 is 1.10. The van der Waals surface area contributed by atoms with Gasteiger partial charge in [-0.2, -0.15) is 10.2 Å². The van der Waals surface area contributed by atoms with Gasteiger partial charge in [-0.25, -0.2) is 10.2 Å². The molecule has 1 fully saturated rings. The molecular formula is C24H20N4O4S. The van der Waals surface area contributed by atoms with Gasteiger partial charge in [0.1, 0.15) is 0 Å².